The Morgan fingerprint density at radius 1 is 0.480 bits per heavy atom. The molecule has 1 radical (unpaired) electrons. The third-order valence-corrected chi connectivity index (χ3v) is 8.01. The summed E-state index contributed by atoms with van der Waals surface area (Å²) in [5.74, 6) is 0.208. The summed E-state index contributed by atoms with van der Waals surface area (Å²) in [7, 11) is 0.750. The number of aryl methyl sites for hydroxylation is 4. The number of fused-ring (bicyclic) bond motifs is 6. The van der Waals surface area contributed by atoms with Crippen LogP contribution in [0.1, 0.15) is 58.4 Å². The molecule has 50 heavy (non-hydrogen) atoms. The molecule has 0 aliphatic heterocycles. The largest absolute Gasteiger partial charge is 4.00 e. The Labute approximate surface area is 321 Å². The molecule has 0 atom stereocenters. The van der Waals surface area contributed by atoms with Crippen LogP contribution >= 0.6 is 0 Å². The minimum atomic E-state index is 0. The number of allylic oxidation sites excluding steroid dienone is 2. The summed E-state index contributed by atoms with van der Waals surface area (Å²) in [6, 6.07) is 36.4. The van der Waals surface area contributed by atoms with Crippen molar-refractivity contribution in [3.8, 4) is 11.5 Å². The summed E-state index contributed by atoms with van der Waals surface area (Å²) in [5, 5.41) is 26.7. The fourth-order valence-corrected chi connectivity index (χ4v) is 6.18. The van der Waals surface area contributed by atoms with Gasteiger partial charge in [0.15, 0.2) is 0 Å². The van der Waals surface area contributed by atoms with E-state index in [-0.39, 0.29) is 37.7 Å². The molecule has 2 nitrogen and oxygen atoms in total. The number of benzene rings is 6. The summed E-state index contributed by atoms with van der Waals surface area (Å²) >= 11 is 0. The van der Waals surface area contributed by atoms with E-state index in [0.29, 0.717) is 0 Å². The summed E-state index contributed by atoms with van der Waals surface area (Å²) in [6.45, 7) is 16.4. The topological polar surface area (TPSA) is 46.1 Å². The van der Waals surface area contributed by atoms with E-state index in [4.69, 9.17) is 0 Å². The first-order valence-corrected chi connectivity index (χ1v) is 19.2. The minimum Gasteiger partial charge on any atom is -0.872 e. The molecule has 0 heterocycles. The molecule has 0 spiro atoms. The molecule has 6 aromatic rings. The van der Waals surface area contributed by atoms with E-state index in [9.17, 15) is 10.2 Å². The van der Waals surface area contributed by atoms with Crippen molar-refractivity contribution in [1.82, 2.24) is 0 Å². The van der Waals surface area contributed by atoms with Gasteiger partial charge in [-0.1, -0.05) is 158 Å². The molecule has 251 valence electrons. The molecule has 0 saturated carbocycles. The molecule has 0 bridgehead atoms. The van der Waals surface area contributed by atoms with Crippen LogP contribution < -0.4 is 10.2 Å². The van der Waals surface area contributed by atoms with Gasteiger partial charge in [-0.3, -0.25) is 0 Å². The van der Waals surface area contributed by atoms with Crippen LogP contribution in [0.4, 0.5) is 0 Å². The van der Waals surface area contributed by atoms with Crippen molar-refractivity contribution in [2.24, 2.45) is 0 Å². The molecule has 2 aliphatic rings. The second kappa shape index (κ2) is 19.4. The van der Waals surface area contributed by atoms with E-state index < -0.39 is 0 Å². The zero-order valence-corrected chi connectivity index (χ0v) is 34.3. The first-order chi connectivity index (χ1) is 23.5. The molecule has 2 aliphatic carbocycles. The molecule has 0 saturated heterocycles. The van der Waals surface area contributed by atoms with Gasteiger partial charge in [0.25, 0.3) is 0 Å². The van der Waals surface area contributed by atoms with Crippen LogP contribution in [0.3, 0.4) is 0 Å². The Hall–Kier alpha value is -3.98. The molecule has 0 unspecified atom stereocenters. The van der Waals surface area contributed by atoms with Crippen molar-refractivity contribution in [3.05, 3.63) is 177 Å². The van der Waals surface area contributed by atoms with Crippen molar-refractivity contribution in [1.29, 1.82) is 0 Å². The van der Waals surface area contributed by atoms with Gasteiger partial charge in [0.05, 0.1) is 0 Å². The second-order valence-electron chi connectivity index (χ2n) is 13.0. The van der Waals surface area contributed by atoms with Crippen LogP contribution in [0.15, 0.2) is 120 Å². The molecule has 4 heteroatoms. The van der Waals surface area contributed by atoms with E-state index in [0.717, 1.165) is 44.6 Å². The predicted octanol–water partition coefficient (Wildman–Crippen LogP) is 10.3. The van der Waals surface area contributed by atoms with Gasteiger partial charge in [-0.05, 0) is 27.7 Å². The maximum Gasteiger partial charge on any atom is 4.00 e. The summed E-state index contributed by atoms with van der Waals surface area (Å²) < 4.78 is 0. The van der Waals surface area contributed by atoms with E-state index in [1.165, 1.54) is 54.9 Å². The zero-order chi connectivity index (χ0) is 35.5. The predicted molar refractivity (Wildman–Crippen MR) is 208 cm³/mol. The van der Waals surface area contributed by atoms with E-state index in [1.54, 1.807) is 24.3 Å². The van der Waals surface area contributed by atoms with Gasteiger partial charge in [0.2, 0.25) is 0 Å². The third-order valence-electron chi connectivity index (χ3n) is 8.01. The Balaban J connectivity index is 0.000000178. The fourth-order valence-electron chi connectivity index (χ4n) is 6.18. The number of hydrogen-bond acceptors (Lipinski definition) is 2. The van der Waals surface area contributed by atoms with Crippen molar-refractivity contribution in [2.45, 2.75) is 67.5 Å². The average Bonchev–Trinajstić information content (AvgIpc) is 3.62. The smallest absolute Gasteiger partial charge is 0.872 e. The van der Waals surface area contributed by atoms with E-state index in [2.05, 4.69) is 112 Å². The van der Waals surface area contributed by atoms with Gasteiger partial charge in [-0.25, -0.2) is 0 Å². The first-order valence-electron chi connectivity index (χ1n) is 16.9. The fraction of sp³-hybridized carbons (Fsp3) is 0.217. The van der Waals surface area contributed by atoms with Gasteiger partial charge in [0, 0.05) is 9.52 Å². The quantitative estimate of drug-likeness (QED) is 0.115. The summed E-state index contributed by atoms with van der Waals surface area (Å²) in [5.41, 5.74) is 12.3. The molecule has 6 aromatic carbocycles. The Bertz CT molecular complexity index is 1860. The Morgan fingerprint density at radius 2 is 0.800 bits per heavy atom. The van der Waals surface area contributed by atoms with Crippen LogP contribution in [0.2, 0.25) is 13.1 Å². The second-order valence-corrected chi connectivity index (χ2v) is 14.2. The molecule has 0 fully saturated rings. The minimum absolute atomic E-state index is 0. The van der Waals surface area contributed by atoms with Gasteiger partial charge >= 0.3 is 26.2 Å². The summed E-state index contributed by atoms with van der Waals surface area (Å²) in [4.78, 5) is 0. The van der Waals surface area contributed by atoms with Crippen molar-refractivity contribution < 1.29 is 36.4 Å². The van der Waals surface area contributed by atoms with Crippen molar-refractivity contribution in [2.75, 3.05) is 0 Å². The van der Waals surface area contributed by atoms with E-state index in [1.807, 2.05) is 39.8 Å². The zero-order valence-electron chi connectivity index (χ0n) is 30.7. The van der Waals surface area contributed by atoms with Crippen LogP contribution in [0.25, 0.3) is 21.5 Å². The SMILES string of the molecule is CC1=[C-]c2c(ccc3ccccc23)C1.CC1=[C-]c2c(ccc3ccccc23)C1.C[SiH]C.Cc1cc(C)cc([O-])c1.Cc1cc(C)cc([O-])c1.[Zr+4]. The standard InChI is InChI=1S/2C14H11.2C8H10O.C2H7Si.Zr/c2*1-10-8-12-7-6-11-4-2-3-5-13(11)14(12)9-10;2*1-6-3-7(2)5-8(9)4-6;1-3-2;/h2*2-7H,8H2,1H3;2*3-5,9H,1-2H3;3H,1-2H3;/q2*-1;;;;+4/p-2. The van der Waals surface area contributed by atoms with Crippen LogP contribution in [-0.2, 0) is 39.0 Å². The Kier molecular flexibility index (Phi) is 15.7. The number of hydrogen-bond donors (Lipinski definition) is 0. The maximum atomic E-state index is 10.7. The first kappa shape index (κ1) is 40.4. The number of rotatable bonds is 0. The normalized spacial score (nSPS) is 11.8. The monoisotopic (exact) mass is 749 g/mol. The molecule has 0 aromatic heterocycles. The van der Waals surface area contributed by atoms with Crippen LogP contribution in [-0.4, -0.2) is 9.52 Å². The van der Waals surface area contributed by atoms with E-state index >= 15 is 0 Å². The Morgan fingerprint density at radius 3 is 1.12 bits per heavy atom. The van der Waals surface area contributed by atoms with Gasteiger partial charge in [-0.15, -0.1) is 68.8 Å². The van der Waals surface area contributed by atoms with Crippen LogP contribution in [0.5, 0.6) is 11.5 Å². The van der Waals surface area contributed by atoms with Crippen molar-refractivity contribution in [3.63, 3.8) is 0 Å². The molecular weight excluding hydrogens is 704 g/mol. The molecule has 0 amide bonds. The maximum absolute atomic E-state index is 10.7. The van der Waals surface area contributed by atoms with Gasteiger partial charge in [-0.2, -0.15) is 23.3 Å². The van der Waals surface area contributed by atoms with Gasteiger partial charge in [0.1, 0.15) is 0 Å². The molecular formula is C46H47O2SiZr. The van der Waals surface area contributed by atoms with Gasteiger partial charge < -0.3 is 10.2 Å². The van der Waals surface area contributed by atoms with Crippen LogP contribution in [0, 0.1) is 39.8 Å². The molecule has 0 N–H and O–H groups in total. The molecule has 8 rings (SSSR count). The third kappa shape index (κ3) is 11.5. The average molecular weight is 751 g/mol. The summed E-state index contributed by atoms with van der Waals surface area (Å²) in [6.07, 6.45) is 9.05. The van der Waals surface area contributed by atoms with Crippen molar-refractivity contribution >= 4 is 31.1 Å².